The van der Waals surface area contributed by atoms with Crippen LogP contribution in [0.2, 0.25) is 0 Å². The number of hydrogen-bond acceptors (Lipinski definition) is 7. The van der Waals surface area contributed by atoms with Crippen LogP contribution in [0.3, 0.4) is 0 Å². The Balaban J connectivity index is 1.91. The van der Waals surface area contributed by atoms with Crippen molar-refractivity contribution in [3.8, 4) is 11.4 Å². The standard InChI is InChI=1S/C14H15N5O2/c1-14(20,8-15)7-12-18-13(19-21-12)9-2-3-10-11(6-9)17-5-4-16-10/h2-6,20H,7-8,15H2,1H3. The number of nitrogens with two attached hydrogens (primary N) is 1. The summed E-state index contributed by atoms with van der Waals surface area (Å²) in [5.74, 6) is 0.796. The molecular weight excluding hydrogens is 270 g/mol. The average molecular weight is 285 g/mol. The predicted molar refractivity (Wildman–Crippen MR) is 76.2 cm³/mol. The Morgan fingerprint density at radius 3 is 2.76 bits per heavy atom. The van der Waals surface area contributed by atoms with E-state index in [9.17, 15) is 5.11 Å². The number of nitrogens with zero attached hydrogens (tertiary/aromatic N) is 4. The van der Waals surface area contributed by atoms with Gasteiger partial charge in [0, 0.05) is 24.5 Å². The van der Waals surface area contributed by atoms with Gasteiger partial charge in [-0.2, -0.15) is 4.98 Å². The van der Waals surface area contributed by atoms with E-state index in [4.69, 9.17) is 10.3 Å². The first-order valence-corrected chi connectivity index (χ1v) is 6.54. The molecule has 108 valence electrons. The molecule has 0 fully saturated rings. The highest BCUT2D eigenvalue weighted by molar-refractivity contribution is 5.79. The third-order valence-electron chi connectivity index (χ3n) is 3.17. The Labute approximate surface area is 120 Å². The largest absolute Gasteiger partial charge is 0.388 e. The molecule has 3 N–H and O–H groups in total. The van der Waals surface area contributed by atoms with Crippen molar-refractivity contribution in [3.63, 3.8) is 0 Å². The third kappa shape index (κ3) is 2.88. The van der Waals surface area contributed by atoms with Gasteiger partial charge >= 0.3 is 0 Å². The molecule has 0 saturated heterocycles. The summed E-state index contributed by atoms with van der Waals surface area (Å²) in [7, 11) is 0. The van der Waals surface area contributed by atoms with E-state index in [0.29, 0.717) is 11.7 Å². The molecule has 2 aromatic heterocycles. The summed E-state index contributed by atoms with van der Waals surface area (Å²) in [6.45, 7) is 1.75. The Kier molecular flexibility index (Phi) is 3.36. The molecule has 1 atom stereocenters. The number of benzene rings is 1. The van der Waals surface area contributed by atoms with E-state index >= 15 is 0 Å². The van der Waals surface area contributed by atoms with E-state index in [-0.39, 0.29) is 13.0 Å². The van der Waals surface area contributed by atoms with Gasteiger partial charge in [0.15, 0.2) is 0 Å². The van der Waals surface area contributed by atoms with Crippen LogP contribution < -0.4 is 5.73 Å². The minimum absolute atomic E-state index is 0.121. The van der Waals surface area contributed by atoms with Crippen molar-refractivity contribution >= 4 is 11.0 Å². The number of hydrogen-bond donors (Lipinski definition) is 2. The summed E-state index contributed by atoms with van der Waals surface area (Å²) in [6.07, 6.45) is 3.49. The number of aromatic nitrogens is 4. The third-order valence-corrected chi connectivity index (χ3v) is 3.17. The predicted octanol–water partition coefficient (Wildman–Crippen LogP) is 0.932. The second-order valence-electron chi connectivity index (χ2n) is 5.15. The molecule has 2 heterocycles. The Morgan fingerprint density at radius 1 is 1.24 bits per heavy atom. The lowest BCUT2D eigenvalue weighted by atomic mass is 10.0. The summed E-state index contributed by atoms with van der Waals surface area (Å²) in [5.41, 5.74) is 6.77. The van der Waals surface area contributed by atoms with Gasteiger partial charge in [0.05, 0.1) is 23.1 Å². The summed E-state index contributed by atoms with van der Waals surface area (Å²) >= 11 is 0. The highest BCUT2D eigenvalue weighted by Gasteiger charge is 2.23. The topological polar surface area (TPSA) is 111 Å². The van der Waals surface area contributed by atoms with Crippen molar-refractivity contribution in [1.29, 1.82) is 0 Å². The monoisotopic (exact) mass is 285 g/mol. The van der Waals surface area contributed by atoms with Crippen molar-refractivity contribution in [2.45, 2.75) is 18.9 Å². The van der Waals surface area contributed by atoms with Crippen LogP contribution in [0.1, 0.15) is 12.8 Å². The minimum atomic E-state index is -1.06. The average Bonchev–Trinajstić information content (AvgIpc) is 2.94. The maximum Gasteiger partial charge on any atom is 0.229 e. The van der Waals surface area contributed by atoms with Crippen LogP contribution in [0.15, 0.2) is 35.1 Å². The molecule has 0 radical (unpaired) electrons. The zero-order chi connectivity index (χ0) is 14.9. The van der Waals surface area contributed by atoms with E-state index in [2.05, 4.69) is 20.1 Å². The molecule has 7 nitrogen and oxygen atoms in total. The molecule has 21 heavy (non-hydrogen) atoms. The van der Waals surface area contributed by atoms with E-state index in [1.165, 1.54) is 0 Å². The Morgan fingerprint density at radius 2 is 2.00 bits per heavy atom. The van der Waals surface area contributed by atoms with Crippen molar-refractivity contribution in [1.82, 2.24) is 20.1 Å². The van der Waals surface area contributed by atoms with Crippen LogP contribution in [0.5, 0.6) is 0 Å². The van der Waals surface area contributed by atoms with Crippen LogP contribution in [0.4, 0.5) is 0 Å². The molecule has 7 heteroatoms. The van der Waals surface area contributed by atoms with Crippen molar-refractivity contribution < 1.29 is 9.63 Å². The van der Waals surface area contributed by atoms with Gasteiger partial charge in [-0.25, -0.2) is 0 Å². The highest BCUT2D eigenvalue weighted by Crippen LogP contribution is 2.21. The van der Waals surface area contributed by atoms with Crippen molar-refractivity contribution in [3.05, 3.63) is 36.5 Å². The SMILES string of the molecule is CC(O)(CN)Cc1nc(-c2ccc3nccnc3c2)no1. The zero-order valence-corrected chi connectivity index (χ0v) is 11.5. The van der Waals surface area contributed by atoms with Crippen LogP contribution in [-0.2, 0) is 6.42 Å². The normalized spacial score (nSPS) is 14.2. The molecule has 0 aliphatic carbocycles. The lowest BCUT2D eigenvalue weighted by molar-refractivity contribution is 0.0610. The van der Waals surface area contributed by atoms with Crippen LogP contribution in [0.25, 0.3) is 22.4 Å². The van der Waals surface area contributed by atoms with Crippen LogP contribution in [-0.4, -0.2) is 37.4 Å². The van der Waals surface area contributed by atoms with Gasteiger partial charge in [-0.3, -0.25) is 9.97 Å². The van der Waals surface area contributed by atoms with Crippen molar-refractivity contribution in [2.24, 2.45) is 5.73 Å². The molecule has 0 aliphatic rings. The summed E-state index contributed by atoms with van der Waals surface area (Å²) in [5, 5.41) is 13.9. The fourth-order valence-corrected chi connectivity index (χ4v) is 1.94. The Bertz CT molecular complexity index is 769. The molecular formula is C14H15N5O2. The first kappa shape index (κ1) is 13.6. The highest BCUT2D eigenvalue weighted by atomic mass is 16.5. The molecule has 3 aromatic rings. The molecule has 0 amide bonds. The number of fused-ring (bicyclic) bond motifs is 1. The quantitative estimate of drug-likeness (QED) is 0.733. The molecule has 0 bridgehead atoms. The maximum atomic E-state index is 9.93. The lowest BCUT2D eigenvalue weighted by Crippen LogP contribution is -2.36. The second kappa shape index (κ2) is 5.19. The molecule has 1 unspecified atom stereocenters. The maximum absolute atomic E-state index is 9.93. The van der Waals surface area contributed by atoms with Gasteiger partial charge in [0.25, 0.3) is 0 Å². The molecule has 3 rings (SSSR count). The molecule has 0 saturated carbocycles. The summed E-state index contributed by atoms with van der Waals surface area (Å²) in [4.78, 5) is 12.7. The molecule has 0 aliphatic heterocycles. The van der Waals surface area contributed by atoms with E-state index in [0.717, 1.165) is 16.6 Å². The lowest BCUT2D eigenvalue weighted by Gasteiger charge is -2.17. The summed E-state index contributed by atoms with van der Waals surface area (Å²) < 4.78 is 5.16. The fourth-order valence-electron chi connectivity index (χ4n) is 1.94. The van der Waals surface area contributed by atoms with E-state index in [1.54, 1.807) is 19.3 Å². The smallest absolute Gasteiger partial charge is 0.229 e. The van der Waals surface area contributed by atoms with Gasteiger partial charge in [-0.05, 0) is 25.1 Å². The van der Waals surface area contributed by atoms with Gasteiger partial charge < -0.3 is 15.4 Å². The van der Waals surface area contributed by atoms with Crippen LogP contribution >= 0.6 is 0 Å². The second-order valence-corrected chi connectivity index (χ2v) is 5.15. The summed E-state index contributed by atoms with van der Waals surface area (Å²) in [6, 6.07) is 5.55. The van der Waals surface area contributed by atoms with Gasteiger partial charge in [0.2, 0.25) is 11.7 Å². The molecule has 0 spiro atoms. The fraction of sp³-hybridized carbons (Fsp3) is 0.286. The van der Waals surface area contributed by atoms with Crippen molar-refractivity contribution in [2.75, 3.05) is 6.54 Å². The minimum Gasteiger partial charge on any atom is -0.388 e. The van der Waals surface area contributed by atoms with Gasteiger partial charge in [-0.15, -0.1) is 0 Å². The first-order valence-electron chi connectivity index (χ1n) is 6.54. The number of aliphatic hydroxyl groups is 1. The van der Waals surface area contributed by atoms with Gasteiger partial charge in [0.1, 0.15) is 0 Å². The zero-order valence-electron chi connectivity index (χ0n) is 11.5. The van der Waals surface area contributed by atoms with E-state index in [1.807, 2.05) is 18.2 Å². The Hall–Kier alpha value is -2.38. The molecule has 1 aromatic carbocycles. The van der Waals surface area contributed by atoms with Crippen LogP contribution in [0, 0.1) is 0 Å². The number of rotatable bonds is 4. The van der Waals surface area contributed by atoms with Gasteiger partial charge in [-0.1, -0.05) is 5.16 Å². The van der Waals surface area contributed by atoms with E-state index < -0.39 is 5.60 Å². The first-order chi connectivity index (χ1) is 10.1.